The molecule has 0 atom stereocenters. The number of phosphoric acid groups is 1. The molecule has 0 aromatic heterocycles. The molecule has 11 heavy (non-hydrogen) atoms. The van der Waals surface area contributed by atoms with E-state index in [0.717, 1.165) is 0 Å². The topological polar surface area (TPSA) is 152 Å². The largest absolute Gasteiger partial charge is 2.00 e. The molecule has 0 saturated heterocycles. The first kappa shape index (κ1) is 23.0. The van der Waals surface area contributed by atoms with Gasteiger partial charge in [-0.15, -0.1) is 0 Å². The number of hydrogen-bond donors (Lipinski definition) is 0. The molecule has 0 rings (SSSR count). The molecule has 0 N–H and O–H groups in total. The Morgan fingerprint density at radius 1 is 1.00 bits per heavy atom. The summed E-state index contributed by atoms with van der Waals surface area (Å²) in [5.41, 5.74) is 0. The standard InChI is InChI=1S/2Ca.NO3.H3O4P/c;;2-1(3)4;1-5(2,3)4/h;;;(H3,1,2,3,4)/q2*+2;-1;/p-3. The second-order valence-corrected chi connectivity index (χ2v) is 1.57. The summed E-state index contributed by atoms with van der Waals surface area (Å²) in [5, 5.41) is 14.8. The summed E-state index contributed by atoms with van der Waals surface area (Å²) in [5.74, 6) is 0. The van der Waals surface area contributed by atoms with E-state index in [1.807, 2.05) is 0 Å². The Kier molecular flexibility index (Phi) is 24.8. The molecule has 11 heteroatoms. The quantitative estimate of drug-likeness (QED) is 0.181. The second kappa shape index (κ2) is 11.8. The number of rotatable bonds is 0. The van der Waals surface area contributed by atoms with E-state index >= 15 is 0 Å². The maximum atomic E-state index is 8.55. The van der Waals surface area contributed by atoms with Gasteiger partial charge in [0.15, 0.2) is 0 Å². The van der Waals surface area contributed by atoms with E-state index in [-0.39, 0.29) is 75.5 Å². The van der Waals surface area contributed by atoms with Crippen molar-refractivity contribution < 1.29 is 24.3 Å². The van der Waals surface area contributed by atoms with Crippen LogP contribution >= 0.6 is 7.82 Å². The van der Waals surface area contributed by atoms with Gasteiger partial charge in [-0.3, -0.25) is 0 Å². The van der Waals surface area contributed by atoms with Gasteiger partial charge in [0.1, 0.15) is 0 Å². The normalized spacial score (nSPS) is 7.55. The average molecular weight is 237 g/mol. The van der Waals surface area contributed by atoms with E-state index in [2.05, 4.69) is 0 Å². The van der Waals surface area contributed by atoms with Gasteiger partial charge < -0.3 is 34.6 Å². The summed E-state index contributed by atoms with van der Waals surface area (Å²) in [6.45, 7) is 0. The molecule has 0 aromatic rings. The monoisotopic (exact) mass is 237 g/mol. The third-order valence-corrected chi connectivity index (χ3v) is 0. The second-order valence-electron chi connectivity index (χ2n) is 0.671. The van der Waals surface area contributed by atoms with Crippen molar-refractivity contribution in [2.75, 3.05) is 0 Å². The Morgan fingerprint density at radius 3 is 1.00 bits per heavy atom. The average Bonchev–Trinajstić information content (AvgIpc) is 1.19. The zero-order chi connectivity index (χ0) is 8.08. The van der Waals surface area contributed by atoms with Crippen molar-refractivity contribution in [2.45, 2.75) is 0 Å². The fraction of sp³-hybridized carbons (Fsp3) is 0. The van der Waals surface area contributed by atoms with E-state index in [1.54, 1.807) is 0 Å². The molecular formula is Ca2NO7P. The zero-order valence-corrected chi connectivity index (χ0v) is 10.5. The molecule has 0 aliphatic heterocycles. The Labute approximate surface area is 121 Å². The third-order valence-electron chi connectivity index (χ3n) is 0. The predicted octanol–water partition coefficient (Wildman–Crippen LogP) is -3.83. The molecule has 0 aromatic carbocycles. The van der Waals surface area contributed by atoms with Crippen molar-refractivity contribution >= 4 is 83.3 Å². The predicted molar refractivity (Wildman–Crippen MR) is 29.5 cm³/mol. The van der Waals surface area contributed by atoms with Crippen molar-refractivity contribution in [3.63, 3.8) is 0 Å². The van der Waals surface area contributed by atoms with E-state index in [9.17, 15) is 0 Å². The van der Waals surface area contributed by atoms with E-state index < -0.39 is 12.9 Å². The summed E-state index contributed by atoms with van der Waals surface area (Å²) in [4.78, 5) is 33.9. The molecule has 0 amide bonds. The fourth-order valence-electron chi connectivity index (χ4n) is 0. The molecule has 0 heterocycles. The third kappa shape index (κ3) is 341. The molecule has 56 valence electrons. The summed E-state index contributed by atoms with van der Waals surface area (Å²) in [6, 6.07) is 0. The molecule has 0 spiro atoms. The van der Waals surface area contributed by atoms with Crippen LogP contribution in [0.4, 0.5) is 0 Å². The van der Waals surface area contributed by atoms with E-state index in [4.69, 9.17) is 34.6 Å². The van der Waals surface area contributed by atoms with Crippen molar-refractivity contribution in [1.29, 1.82) is 0 Å². The van der Waals surface area contributed by atoms with Gasteiger partial charge in [0, 0.05) is 0 Å². The minimum Gasteiger partial charge on any atom is -0.822 e. The Balaban J connectivity index is -0.0000000383. The summed E-state index contributed by atoms with van der Waals surface area (Å²) in [6.07, 6.45) is 0. The van der Waals surface area contributed by atoms with Gasteiger partial charge >= 0.3 is 75.5 Å². The maximum absolute atomic E-state index is 8.55. The van der Waals surface area contributed by atoms with Gasteiger partial charge in [-0.1, -0.05) is 0 Å². The van der Waals surface area contributed by atoms with Crippen LogP contribution in [0.2, 0.25) is 0 Å². The molecule has 0 aliphatic carbocycles. The van der Waals surface area contributed by atoms with Crippen LogP contribution in [0.5, 0.6) is 0 Å². The van der Waals surface area contributed by atoms with Crippen molar-refractivity contribution in [3.8, 4) is 0 Å². The first-order valence-electron chi connectivity index (χ1n) is 1.28. The van der Waals surface area contributed by atoms with E-state index in [0.29, 0.717) is 0 Å². The van der Waals surface area contributed by atoms with Crippen LogP contribution in [-0.2, 0) is 4.57 Å². The molecular weight excluding hydrogens is 237 g/mol. The van der Waals surface area contributed by atoms with Crippen LogP contribution in [-0.4, -0.2) is 80.6 Å². The fourth-order valence-corrected chi connectivity index (χ4v) is 0. The summed E-state index contributed by atoms with van der Waals surface area (Å²) in [7, 11) is -5.39. The van der Waals surface area contributed by atoms with Crippen LogP contribution in [0, 0.1) is 15.3 Å². The van der Waals surface area contributed by atoms with E-state index in [1.165, 1.54) is 0 Å². The van der Waals surface area contributed by atoms with Gasteiger partial charge in [-0.25, -0.2) is 0 Å². The SMILES string of the molecule is O=P([O-])([O-])[O-].O=[N+]([O-])[O-].[Ca+2].[Ca+2]. The molecule has 8 nitrogen and oxygen atoms in total. The minimum absolute atomic E-state index is 0. The van der Waals surface area contributed by atoms with Crippen molar-refractivity contribution in [3.05, 3.63) is 15.3 Å². The van der Waals surface area contributed by atoms with Gasteiger partial charge in [0.2, 0.25) is 0 Å². The molecule has 0 bridgehead atoms. The van der Waals surface area contributed by atoms with Crippen LogP contribution in [0.25, 0.3) is 0 Å². The Morgan fingerprint density at radius 2 is 1.00 bits per heavy atom. The number of nitrogens with zero attached hydrogens (tertiary/aromatic N) is 1. The van der Waals surface area contributed by atoms with Gasteiger partial charge in [-0.2, -0.15) is 7.82 Å². The van der Waals surface area contributed by atoms with Crippen LogP contribution in [0.1, 0.15) is 0 Å². The zero-order valence-electron chi connectivity index (χ0n) is 5.17. The molecule has 0 radical (unpaired) electrons. The molecule has 0 aliphatic rings. The van der Waals surface area contributed by atoms with Gasteiger partial charge in [-0.05, 0) is 0 Å². The van der Waals surface area contributed by atoms with Crippen LogP contribution < -0.4 is 14.7 Å². The minimum atomic E-state index is -5.39. The van der Waals surface area contributed by atoms with Crippen molar-refractivity contribution in [1.82, 2.24) is 0 Å². The van der Waals surface area contributed by atoms with Crippen LogP contribution in [0.3, 0.4) is 0 Å². The van der Waals surface area contributed by atoms with Gasteiger partial charge in [0.05, 0.1) is 5.09 Å². The smallest absolute Gasteiger partial charge is 0.822 e. The molecule has 0 unspecified atom stereocenters. The maximum Gasteiger partial charge on any atom is 2.00 e. The summed E-state index contributed by atoms with van der Waals surface area (Å²) >= 11 is 0. The molecule has 0 saturated carbocycles. The van der Waals surface area contributed by atoms with Crippen molar-refractivity contribution in [2.24, 2.45) is 0 Å². The van der Waals surface area contributed by atoms with Gasteiger partial charge in [0.25, 0.3) is 0 Å². The van der Waals surface area contributed by atoms with Crippen LogP contribution in [0.15, 0.2) is 0 Å². The summed E-state index contributed by atoms with van der Waals surface area (Å²) < 4.78 is 8.55. The number of hydrogen-bond acceptors (Lipinski definition) is 7. The Bertz CT molecular complexity index is 116. The molecule has 0 fully saturated rings. The first-order chi connectivity index (χ1) is 3.73. The Hall–Kier alpha value is 1.83. The first-order valence-corrected chi connectivity index (χ1v) is 2.74.